The average Bonchev–Trinajstić information content (AvgIpc) is 3.47. The average molecular weight is 549 g/mol. The van der Waals surface area contributed by atoms with E-state index >= 15 is 0 Å². The topological polar surface area (TPSA) is 112 Å². The fraction of sp³-hybridized carbons (Fsp3) is 0.310. The number of aryl methyl sites for hydroxylation is 1. The van der Waals surface area contributed by atoms with Gasteiger partial charge in [-0.1, -0.05) is 6.07 Å². The van der Waals surface area contributed by atoms with Crippen molar-refractivity contribution in [2.24, 2.45) is 5.73 Å². The molecule has 2 aromatic carbocycles. The van der Waals surface area contributed by atoms with Crippen molar-refractivity contribution in [2.75, 3.05) is 0 Å². The van der Waals surface area contributed by atoms with E-state index in [2.05, 4.69) is 10.1 Å². The van der Waals surface area contributed by atoms with Crippen LogP contribution in [0, 0.1) is 6.92 Å². The Hall–Kier alpha value is -4.25. The number of alkyl halides is 3. The van der Waals surface area contributed by atoms with Crippen molar-refractivity contribution in [1.29, 1.82) is 0 Å². The third-order valence-corrected chi connectivity index (χ3v) is 7.64. The maximum absolute atomic E-state index is 13.2. The molecule has 0 radical (unpaired) electrons. The quantitative estimate of drug-likeness (QED) is 0.305. The highest BCUT2D eigenvalue weighted by atomic mass is 19.4. The Morgan fingerprint density at radius 2 is 1.98 bits per heavy atom. The number of carbonyl (C=O) groups is 1. The molecule has 3 N–H and O–H groups in total. The number of pyridine rings is 1. The van der Waals surface area contributed by atoms with E-state index in [1.807, 2.05) is 29.8 Å². The molecule has 3 heterocycles. The van der Waals surface area contributed by atoms with Gasteiger partial charge in [0.25, 0.3) is 0 Å². The molecule has 3 aromatic heterocycles. The highest BCUT2D eigenvalue weighted by molar-refractivity contribution is 6.01. The van der Waals surface area contributed by atoms with Crippen molar-refractivity contribution < 1.29 is 23.1 Å². The van der Waals surface area contributed by atoms with Crippen molar-refractivity contribution >= 4 is 27.7 Å². The Balaban J connectivity index is 1.34. The van der Waals surface area contributed by atoms with Crippen LogP contribution in [0.15, 0.2) is 60.9 Å². The smallest absolute Gasteiger partial charge is 0.388 e. The fourth-order valence-corrected chi connectivity index (χ4v) is 5.77. The van der Waals surface area contributed by atoms with Crippen molar-refractivity contribution in [3.8, 4) is 11.3 Å². The molecule has 2 unspecified atom stereocenters. The molecule has 6 rings (SSSR count). The predicted octanol–water partition coefficient (Wildman–Crippen LogP) is 5.42. The van der Waals surface area contributed by atoms with E-state index in [0.717, 1.165) is 47.1 Å². The highest BCUT2D eigenvalue weighted by Gasteiger charge is 2.37. The van der Waals surface area contributed by atoms with Crippen molar-refractivity contribution in [1.82, 2.24) is 24.5 Å². The lowest BCUT2D eigenvalue weighted by atomic mass is 9.81. The number of nitrogens with two attached hydrogens (primary N) is 1. The number of nitrogens with zero attached hydrogens (tertiary/aromatic N) is 5. The van der Waals surface area contributed by atoms with Gasteiger partial charge in [0, 0.05) is 46.4 Å². The second kappa shape index (κ2) is 9.44. The van der Waals surface area contributed by atoms with Gasteiger partial charge in [0.05, 0.1) is 34.8 Å². The number of benzene rings is 2. The van der Waals surface area contributed by atoms with Crippen LogP contribution in [0.25, 0.3) is 33.1 Å². The predicted molar refractivity (Wildman–Crippen MR) is 143 cm³/mol. The molecule has 0 saturated heterocycles. The first-order valence-corrected chi connectivity index (χ1v) is 13.0. The van der Waals surface area contributed by atoms with Crippen LogP contribution in [0.4, 0.5) is 13.2 Å². The molecule has 40 heavy (non-hydrogen) atoms. The number of carbonyl (C=O) groups excluding carboxylic acids is 1. The lowest BCUT2D eigenvalue weighted by Crippen LogP contribution is -2.40. The van der Waals surface area contributed by atoms with Gasteiger partial charge in [0.2, 0.25) is 5.91 Å². The van der Waals surface area contributed by atoms with Crippen molar-refractivity contribution in [2.45, 2.75) is 57.0 Å². The molecular weight excluding hydrogens is 521 g/mol. The molecular formula is C29H27F3N6O2. The highest BCUT2D eigenvalue weighted by Crippen LogP contribution is 2.40. The summed E-state index contributed by atoms with van der Waals surface area (Å²) in [5.74, 6) is -0.535. The first-order valence-electron chi connectivity index (χ1n) is 13.0. The van der Waals surface area contributed by atoms with Crippen LogP contribution in [0.3, 0.4) is 0 Å². The normalized spacial score (nSPS) is 19.9. The Morgan fingerprint density at radius 3 is 2.73 bits per heavy atom. The molecule has 1 amide bonds. The number of halogens is 3. The van der Waals surface area contributed by atoms with Crippen LogP contribution < -0.4 is 5.73 Å². The van der Waals surface area contributed by atoms with Crippen LogP contribution in [0.1, 0.15) is 53.3 Å². The van der Waals surface area contributed by atoms with Gasteiger partial charge >= 0.3 is 6.18 Å². The first-order chi connectivity index (χ1) is 19.0. The van der Waals surface area contributed by atoms with Gasteiger partial charge in [0.1, 0.15) is 5.69 Å². The van der Waals surface area contributed by atoms with E-state index in [1.165, 1.54) is 10.7 Å². The summed E-state index contributed by atoms with van der Waals surface area (Å²) in [4.78, 5) is 16.2. The van der Waals surface area contributed by atoms with Gasteiger partial charge in [0.15, 0.2) is 0 Å². The van der Waals surface area contributed by atoms with E-state index in [1.54, 1.807) is 24.5 Å². The van der Waals surface area contributed by atoms with E-state index in [9.17, 15) is 23.1 Å². The van der Waals surface area contributed by atoms with Crippen LogP contribution in [0.2, 0.25) is 0 Å². The third kappa shape index (κ3) is 4.81. The molecule has 2 atom stereocenters. The third-order valence-electron chi connectivity index (χ3n) is 7.64. The Bertz CT molecular complexity index is 1760. The van der Waals surface area contributed by atoms with Gasteiger partial charge in [-0.05, 0) is 68.7 Å². The van der Waals surface area contributed by atoms with Gasteiger partial charge in [-0.3, -0.25) is 19.1 Å². The number of primary amides is 1. The molecule has 1 aliphatic rings. The van der Waals surface area contributed by atoms with E-state index in [4.69, 9.17) is 10.8 Å². The minimum atomic E-state index is -4.45. The lowest BCUT2D eigenvalue weighted by Gasteiger charge is -2.37. The van der Waals surface area contributed by atoms with E-state index < -0.39 is 23.2 Å². The number of fused-ring (bicyclic) bond motifs is 2. The molecule has 1 aliphatic carbocycles. The van der Waals surface area contributed by atoms with Crippen LogP contribution in [0.5, 0.6) is 0 Å². The Labute approximate surface area is 227 Å². The number of rotatable bonds is 5. The van der Waals surface area contributed by atoms with Crippen LogP contribution in [-0.2, 0) is 12.7 Å². The number of hydrogen-bond donors (Lipinski definition) is 2. The fourth-order valence-electron chi connectivity index (χ4n) is 5.77. The van der Waals surface area contributed by atoms with Gasteiger partial charge in [-0.25, -0.2) is 0 Å². The zero-order valence-corrected chi connectivity index (χ0v) is 21.7. The summed E-state index contributed by atoms with van der Waals surface area (Å²) in [6.07, 6.45) is 1.32. The van der Waals surface area contributed by atoms with Gasteiger partial charge in [-0.15, -0.1) is 0 Å². The van der Waals surface area contributed by atoms with Gasteiger partial charge in [-0.2, -0.15) is 23.4 Å². The zero-order chi connectivity index (χ0) is 28.2. The minimum Gasteiger partial charge on any atom is -0.388 e. The van der Waals surface area contributed by atoms with E-state index in [-0.39, 0.29) is 18.1 Å². The first kappa shape index (κ1) is 26.0. The number of amides is 1. The van der Waals surface area contributed by atoms with Crippen molar-refractivity contribution in [3.63, 3.8) is 0 Å². The summed E-state index contributed by atoms with van der Waals surface area (Å²) < 4.78 is 42.9. The maximum atomic E-state index is 13.2. The molecule has 0 bridgehead atoms. The SMILES string of the molecule is Cc1cc(-c2nn(C3CCCC(O)(Cn4cc5ccc(C(F)(F)F)cc5n4)C3)c3ccc(C(N)=O)cc23)ccn1. The molecule has 8 nitrogen and oxygen atoms in total. The Kier molecular flexibility index (Phi) is 6.14. The molecule has 1 saturated carbocycles. The van der Waals surface area contributed by atoms with Crippen LogP contribution in [-0.4, -0.2) is 41.2 Å². The summed E-state index contributed by atoms with van der Waals surface area (Å²) in [6, 6.07) is 12.3. The standard InChI is InChI=1S/C29H27F3N6O2/c1-17-11-18(8-10-34-17)26-23-12-19(27(33)39)5-7-25(23)38(36-26)22-3-2-9-28(40,14-22)16-37-15-20-4-6-21(29(30,31)32)13-24(20)35-37/h4-8,10-13,15,22,40H,2-3,9,14,16H2,1H3,(H2,33,39). The maximum Gasteiger partial charge on any atom is 0.416 e. The zero-order valence-electron chi connectivity index (χ0n) is 21.7. The molecule has 206 valence electrons. The molecule has 0 aliphatic heterocycles. The number of hydrogen-bond acceptors (Lipinski definition) is 5. The molecule has 1 fully saturated rings. The molecule has 0 spiro atoms. The molecule has 5 aromatic rings. The molecule has 11 heteroatoms. The summed E-state index contributed by atoms with van der Waals surface area (Å²) in [6.45, 7) is 2.03. The largest absolute Gasteiger partial charge is 0.416 e. The monoisotopic (exact) mass is 548 g/mol. The number of aromatic nitrogens is 5. The minimum absolute atomic E-state index is 0.140. The summed E-state index contributed by atoms with van der Waals surface area (Å²) in [5, 5.41) is 22.3. The van der Waals surface area contributed by atoms with Crippen molar-refractivity contribution in [3.05, 3.63) is 77.7 Å². The number of aliphatic hydroxyl groups is 1. The second-order valence-electron chi connectivity index (χ2n) is 10.6. The summed E-state index contributed by atoms with van der Waals surface area (Å²) in [5.41, 5.74) is 7.45. The second-order valence-corrected chi connectivity index (χ2v) is 10.6. The summed E-state index contributed by atoms with van der Waals surface area (Å²) >= 11 is 0. The van der Waals surface area contributed by atoms with Gasteiger partial charge < -0.3 is 10.8 Å². The Morgan fingerprint density at radius 1 is 1.15 bits per heavy atom. The van der Waals surface area contributed by atoms with E-state index in [0.29, 0.717) is 29.5 Å². The van der Waals surface area contributed by atoms with Crippen LogP contribution >= 0.6 is 0 Å². The summed E-state index contributed by atoms with van der Waals surface area (Å²) in [7, 11) is 0. The lowest BCUT2D eigenvalue weighted by molar-refractivity contribution is -0.137.